The standard InChI is InChI=1S/C20H25N3O4S/c1-2-19(24)23-18-10-8-17(9-11-18)20(25)21-13-14-22-28(26,27)15-12-16-6-4-3-5-7-16/h3-11,22H,2,12-15H2,1H3,(H,21,25)(H,23,24). The van der Waals surface area contributed by atoms with E-state index in [0.29, 0.717) is 24.1 Å². The fourth-order valence-electron chi connectivity index (χ4n) is 2.41. The fraction of sp³-hybridized carbons (Fsp3) is 0.300. The van der Waals surface area contributed by atoms with Crippen molar-refractivity contribution >= 4 is 27.5 Å². The van der Waals surface area contributed by atoms with Gasteiger partial charge in [0.15, 0.2) is 0 Å². The number of rotatable bonds is 10. The molecule has 8 heteroatoms. The molecular weight excluding hydrogens is 378 g/mol. The van der Waals surface area contributed by atoms with E-state index in [4.69, 9.17) is 0 Å². The molecular formula is C20H25N3O4S. The van der Waals surface area contributed by atoms with Crippen molar-refractivity contribution in [2.75, 3.05) is 24.2 Å². The highest BCUT2D eigenvalue weighted by Gasteiger charge is 2.11. The van der Waals surface area contributed by atoms with Crippen LogP contribution < -0.4 is 15.4 Å². The summed E-state index contributed by atoms with van der Waals surface area (Å²) < 4.78 is 26.5. The van der Waals surface area contributed by atoms with Gasteiger partial charge in [-0.1, -0.05) is 37.3 Å². The molecule has 2 aromatic carbocycles. The summed E-state index contributed by atoms with van der Waals surface area (Å²) in [7, 11) is -3.40. The van der Waals surface area contributed by atoms with Gasteiger partial charge in [0.05, 0.1) is 5.75 Å². The van der Waals surface area contributed by atoms with Crippen molar-refractivity contribution < 1.29 is 18.0 Å². The van der Waals surface area contributed by atoms with Gasteiger partial charge in [-0.2, -0.15) is 0 Å². The maximum Gasteiger partial charge on any atom is 0.251 e. The maximum atomic E-state index is 12.1. The van der Waals surface area contributed by atoms with Crippen LogP contribution in [-0.4, -0.2) is 39.1 Å². The van der Waals surface area contributed by atoms with Crippen molar-refractivity contribution in [1.29, 1.82) is 0 Å². The molecule has 0 saturated heterocycles. The highest BCUT2D eigenvalue weighted by atomic mass is 32.2. The zero-order valence-electron chi connectivity index (χ0n) is 15.8. The zero-order valence-corrected chi connectivity index (χ0v) is 16.6. The van der Waals surface area contributed by atoms with Crippen molar-refractivity contribution in [2.45, 2.75) is 19.8 Å². The van der Waals surface area contributed by atoms with Crippen molar-refractivity contribution in [3.8, 4) is 0 Å². The number of aryl methyl sites for hydroxylation is 1. The molecule has 28 heavy (non-hydrogen) atoms. The molecule has 0 spiro atoms. The average Bonchev–Trinajstić information content (AvgIpc) is 2.71. The lowest BCUT2D eigenvalue weighted by Crippen LogP contribution is -2.36. The van der Waals surface area contributed by atoms with Gasteiger partial charge in [-0.25, -0.2) is 13.1 Å². The molecule has 2 amide bonds. The molecule has 2 aromatic rings. The lowest BCUT2D eigenvalue weighted by Gasteiger charge is -2.09. The summed E-state index contributed by atoms with van der Waals surface area (Å²) in [5.74, 6) is -0.413. The van der Waals surface area contributed by atoms with Crippen LogP contribution in [0.25, 0.3) is 0 Å². The van der Waals surface area contributed by atoms with Crippen LogP contribution in [0.5, 0.6) is 0 Å². The highest BCUT2D eigenvalue weighted by molar-refractivity contribution is 7.89. The fourth-order valence-corrected chi connectivity index (χ4v) is 3.47. The first-order chi connectivity index (χ1) is 13.4. The van der Waals surface area contributed by atoms with E-state index < -0.39 is 10.0 Å². The van der Waals surface area contributed by atoms with Crippen LogP contribution >= 0.6 is 0 Å². The van der Waals surface area contributed by atoms with E-state index in [-0.39, 0.29) is 30.7 Å². The van der Waals surface area contributed by atoms with E-state index in [0.717, 1.165) is 5.56 Å². The second kappa shape index (κ2) is 10.6. The summed E-state index contributed by atoms with van der Waals surface area (Å²) in [6, 6.07) is 15.9. The number of nitrogens with one attached hydrogen (secondary N) is 3. The van der Waals surface area contributed by atoms with Gasteiger partial charge >= 0.3 is 0 Å². The molecule has 2 rings (SSSR count). The SMILES string of the molecule is CCC(=O)Nc1ccc(C(=O)NCCNS(=O)(=O)CCc2ccccc2)cc1. The topological polar surface area (TPSA) is 104 Å². The van der Waals surface area contributed by atoms with Crippen LogP contribution in [0, 0.1) is 0 Å². The molecule has 0 aromatic heterocycles. The number of benzene rings is 2. The van der Waals surface area contributed by atoms with Gasteiger partial charge in [-0.3, -0.25) is 9.59 Å². The van der Waals surface area contributed by atoms with Crippen molar-refractivity contribution in [3.63, 3.8) is 0 Å². The largest absolute Gasteiger partial charge is 0.351 e. The summed E-state index contributed by atoms with van der Waals surface area (Å²) in [5, 5.41) is 5.37. The molecule has 0 bridgehead atoms. The number of anilines is 1. The maximum absolute atomic E-state index is 12.1. The van der Waals surface area contributed by atoms with Gasteiger partial charge in [0.2, 0.25) is 15.9 Å². The lowest BCUT2D eigenvalue weighted by molar-refractivity contribution is -0.115. The Morgan fingerprint density at radius 2 is 1.61 bits per heavy atom. The number of carbonyl (C=O) groups is 2. The summed E-state index contributed by atoms with van der Waals surface area (Å²) in [6.45, 7) is 2.05. The Morgan fingerprint density at radius 3 is 2.25 bits per heavy atom. The second-order valence-corrected chi connectivity index (χ2v) is 8.11. The summed E-state index contributed by atoms with van der Waals surface area (Å²) in [5.41, 5.74) is 2.01. The Balaban J connectivity index is 1.72. The quantitative estimate of drug-likeness (QED) is 0.527. The summed E-state index contributed by atoms with van der Waals surface area (Å²) in [4.78, 5) is 23.4. The number of amides is 2. The Kier molecular flexibility index (Phi) is 8.16. The van der Waals surface area contributed by atoms with Crippen molar-refractivity contribution in [1.82, 2.24) is 10.0 Å². The molecule has 0 atom stereocenters. The molecule has 0 aliphatic heterocycles. The summed E-state index contributed by atoms with van der Waals surface area (Å²) >= 11 is 0. The Morgan fingerprint density at radius 1 is 0.929 bits per heavy atom. The van der Waals surface area contributed by atoms with E-state index in [2.05, 4.69) is 15.4 Å². The first-order valence-electron chi connectivity index (χ1n) is 9.09. The Labute approximate surface area is 165 Å². The smallest absolute Gasteiger partial charge is 0.251 e. The Bertz CT molecular complexity index is 881. The van der Waals surface area contributed by atoms with Crippen molar-refractivity contribution in [2.24, 2.45) is 0 Å². The minimum absolute atomic E-state index is 0.00407. The number of hydrogen-bond donors (Lipinski definition) is 3. The third-order valence-electron chi connectivity index (χ3n) is 3.99. The predicted molar refractivity (Wildman–Crippen MR) is 110 cm³/mol. The molecule has 0 heterocycles. The van der Waals surface area contributed by atoms with Gasteiger partial charge in [0, 0.05) is 30.8 Å². The van der Waals surface area contributed by atoms with Crippen LogP contribution in [0.4, 0.5) is 5.69 Å². The van der Waals surface area contributed by atoms with Crippen LogP contribution in [0.15, 0.2) is 54.6 Å². The molecule has 0 radical (unpaired) electrons. The van der Waals surface area contributed by atoms with Crippen LogP contribution in [-0.2, 0) is 21.2 Å². The van der Waals surface area contributed by atoms with Gasteiger partial charge < -0.3 is 10.6 Å². The monoisotopic (exact) mass is 403 g/mol. The van der Waals surface area contributed by atoms with Gasteiger partial charge in [-0.05, 0) is 36.2 Å². The molecule has 3 N–H and O–H groups in total. The third kappa shape index (κ3) is 7.50. The second-order valence-electron chi connectivity index (χ2n) is 6.18. The normalized spacial score (nSPS) is 11.0. The molecule has 0 aliphatic rings. The van der Waals surface area contributed by atoms with E-state index in [1.807, 2.05) is 30.3 Å². The van der Waals surface area contributed by atoms with E-state index in [1.54, 1.807) is 31.2 Å². The van der Waals surface area contributed by atoms with Gasteiger partial charge in [0.25, 0.3) is 5.91 Å². The van der Waals surface area contributed by atoms with E-state index in [9.17, 15) is 18.0 Å². The molecule has 0 saturated carbocycles. The first-order valence-corrected chi connectivity index (χ1v) is 10.7. The van der Waals surface area contributed by atoms with Gasteiger partial charge in [0.1, 0.15) is 0 Å². The molecule has 0 fully saturated rings. The Hall–Kier alpha value is -2.71. The minimum Gasteiger partial charge on any atom is -0.351 e. The third-order valence-corrected chi connectivity index (χ3v) is 5.37. The first kappa shape index (κ1) is 21.6. The van der Waals surface area contributed by atoms with Crippen LogP contribution in [0.3, 0.4) is 0 Å². The number of sulfonamides is 1. The predicted octanol–water partition coefficient (Wildman–Crippen LogP) is 1.93. The number of hydrogen-bond acceptors (Lipinski definition) is 4. The number of carbonyl (C=O) groups excluding carboxylic acids is 2. The molecule has 0 aliphatic carbocycles. The summed E-state index contributed by atoms with van der Waals surface area (Å²) in [6.07, 6.45) is 0.812. The van der Waals surface area contributed by atoms with E-state index >= 15 is 0 Å². The minimum atomic E-state index is -3.40. The lowest BCUT2D eigenvalue weighted by atomic mass is 10.2. The van der Waals surface area contributed by atoms with Crippen LogP contribution in [0.1, 0.15) is 29.3 Å². The van der Waals surface area contributed by atoms with Crippen molar-refractivity contribution in [3.05, 3.63) is 65.7 Å². The van der Waals surface area contributed by atoms with Crippen LogP contribution in [0.2, 0.25) is 0 Å². The van der Waals surface area contributed by atoms with Gasteiger partial charge in [-0.15, -0.1) is 0 Å². The average molecular weight is 404 g/mol. The molecule has 7 nitrogen and oxygen atoms in total. The van der Waals surface area contributed by atoms with E-state index in [1.165, 1.54) is 0 Å². The zero-order chi connectivity index (χ0) is 20.4. The molecule has 0 unspecified atom stereocenters. The molecule has 150 valence electrons. The highest BCUT2D eigenvalue weighted by Crippen LogP contribution is 2.09.